The molecular formula is C11H17NOS. The summed E-state index contributed by atoms with van der Waals surface area (Å²) in [6.07, 6.45) is 0. The second-order valence-corrected chi connectivity index (χ2v) is 5.14. The molecule has 0 amide bonds. The smallest absolute Gasteiger partial charge is 0.142 e. The summed E-state index contributed by atoms with van der Waals surface area (Å²) >= 11 is 1.83. The first-order chi connectivity index (χ1) is 6.54. The van der Waals surface area contributed by atoms with Gasteiger partial charge in [-0.15, -0.1) is 11.8 Å². The second kappa shape index (κ2) is 4.60. The first kappa shape index (κ1) is 11.2. The molecule has 0 bridgehead atoms. The molecule has 0 unspecified atom stereocenters. The van der Waals surface area contributed by atoms with Crippen molar-refractivity contribution in [3.63, 3.8) is 0 Å². The normalized spacial score (nSPS) is 10.6. The average Bonchev–Trinajstić information content (AvgIpc) is 2.09. The molecule has 1 rings (SSSR count). The Balaban J connectivity index is 3.04. The van der Waals surface area contributed by atoms with Crippen LogP contribution in [0, 0.1) is 6.92 Å². The number of ether oxygens (including phenoxy) is 1. The van der Waals surface area contributed by atoms with Gasteiger partial charge in [0, 0.05) is 10.1 Å². The van der Waals surface area contributed by atoms with E-state index in [1.54, 1.807) is 7.11 Å². The number of rotatable bonds is 3. The van der Waals surface area contributed by atoms with Crippen LogP contribution in [-0.2, 0) is 0 Å². The van der Waals surface area contributed by atoms with Crippen molar-refractivity contribution in [3.05, 3.63) is 17.7 Å². The van der Waals surface area contributed by atoms with E-state index in [1.165, 1.54) is 10.5 Å². The fourth-order valence-electron chi connectivity index (χ4n) is 1.25. The van der Waals surface area contributed by atoms with Crippen LogP contribution < -0.4 is 10.5 Å². The predicted octanol–water partition coefficient (Wildman–Crippen LogP) is 3.09. The maximum atomic E-state index is 5.80. The number of nitrogens with two attached hydrogens (primary N) is 1. The summed E-state index contributed by atoms with van der Waals surface area (Å²) in [4.78, 5) is 1.24. The molecule has 0 spiro atoms. The van der Waals surface area contributed by atoms with Gasteiger partial charge < -0.3 is 10.5 Å². The molecule has 0 heterocycles. The van der Waals surface area contributed by atoms with Gasteiger partial charge in [-0.05, 0) is 24.6 Å². The van der Waals surface area contributed by atoms with Crippen LogP contribution in [0.15, 0.2) is 17.0 Å². The second-order valence-electron chi connectivity index (χ2n) is 3.53. The minimum atomic E-state index is 0.571. The van der Waals surface area contributed by atoms with Crippen molar-refractivity contribution >= 4 is 17.4 Å². The maximum absolute atomic E-state index is 5.80. The summed E-state index contributed by atoms with van der Waals surface area (Å²) in [6, 6.07) is 3.97. The SMILES string of the molecule is COc1cc(SC(C)C)c(C)cc1N. The molecule has 78 valence electrons. The van der Waals surface area contributed by atoms with Crippen molar-refractivity contribution in [3.8, 4) is 5.75 Å². The third-order valence-corrected chi connectivity index (χ3v) is 3.06. The molecule has 0 aromatic heterocycles. The Morgan fingerprint density at radius 3 is 2.50 bits per heavy atom. The number of nitrogen functional groups attached to an aromatic ring is 1. The standard InChI is InChI=1S/C11H17NOS/c1-7(2)14-11-6-10(13-4)9(12)5-8(11)3/h5-7H,12H2,1-4H3. The van der Waals surface area contributed by atoms with Gasteiger partial charge >= 0.3 is 0 Å². The molecule has 0 fully saturated rings. The number of hydrogen-bond acceptors (Lipinski definition) is 3. The lowest BCUT2D eigenvalue weighted by molar-refractivity contribution is 0.416. The van der Waals surface area contributed by atoms with Crippen LogP contribution >= 0.6 is 11.8 Å². The molecule has 1 aromatic carbocycles. The minimum Gasteiger partial charge on any atom is -0.495 e. The molecule has 14 heavy (non-hydrogen) atoms. The van der Waals surface area contributed by atoms with E-state index in [9.17, 15) is 0 Å². The van der Waals surface area contributed by atoms with E-state index in [0.717, 1.165) is 5.75 Å². The van der Waals surface area contributed by atoms with E-state index in [2.05, 4.69) is 20.8 Å². The Kier molecular flexibility index (Phi) is 3.69. The van der Waals surface area contributed by atoms with Crippen molar-refractivity contribution in [2.75, 3.05) is 12.8 Å². The highest BCUT2D eigenvalue weighted by atomic mass is 32.2. The lowest BCUT2D eigenvalue weighted by Crippen LogP contribution is -1.96. The number of thioether (sulfide) groups is 1. The number of methoxy groups -OCH3 is 1. The van der Waals surface area contributed by atoms with Crippen LogP contribution in [0.3, 0.4) is 0 Å². The lowest BCUT2D eigenvalue weighted by Gasteiger charge is -2.12. The quantitative estimate of drug-likeness (QED) is 0.616. The van der Waals surface area contributed by atoms with E-state index in [4.69, 9.17) is 10.5 Å². The van der Waals surface area contributed by atoms with E-state index < -0.39 is 0 Å². The number of anilines is 1. The maximum Gasteiger partial charge on any atom is 0.142 e. The summed E-state index contributed by atoms with van der Waals surface area (Å²) in [5.41, 5.74) is 7.71. The highest BCUT2D eigenvalue weighted by molar-refractivity contribution is 8.00. The van der Waals surface area contributed by atoms with Crippen LogP contribution in [0.4, 0.5) is 5.69 Å². The fourth-order valence-corrected chi connectivity index (χ4v) is 2.18. The van der Waals surface area contributed by atoms with E-state index in [1.807, 2.05) is 23.9 Å². The highest BCUT2D eigenvalue weighted by Crippen LogP contribution is 2.33. The Bertz CT molecular complexity index is 323. The first-order valence-electron chi connectivity index (χ1n) is 4.65. The van der Waals surface area contributed by atoms with E-state index >= 15 is 0 Å². The molecule has 0 aliphatic carbocycles. The molecule has 0 radical (unpaired) electrons. The van der Waals surface area contributed by atoms with Crippen LogP contribution in [0.5, 0.6) is 5.75 Å². The number of aryl methyl sites for hydroxylation is 1. The summed E-state index contributed by atoms with van der Waals surface area (Å²) in [5.74, 6) is 0.763. The Hall–Kier alpha value is -0.830. The van der Waals surface area contributed by atoms with Gasteiger partial charge in [-0.25, -0.2) is 0 Å². The minimum absolute atomic E-state index is 0.571. The summed E-state index contributed by atoms with van der Waals surface area (Å²) in [6.45, 7) is 6.42. The zero-order chi connectivity index (χ0) is 10.7. The lowest BCUT2D eigenvalue weighted by atomic mass is 10.2. The van der Waals surface area contributed by atoms with E-state index in [-0.39, 0.29) is 0 Å². The van der Waals surface area contributed by atoms with Crippen LogP contribution in [0.25, 0.3) is 0 Å². The molecule has 3 heteroatoms. The largest absolute Gasteiger partial charge is 0.495 e. The summed E-state index contributed by atoms with van der Waals surface area (Å²) in [7, 11) is 1.64. The van der Waals surface area contributed by atoms with E-state index in [0.29, 0.717) is 10.9 Å². The van der Waals surface area contributed by atoms with Gasteiger partial charge in [-0.1, -0.05) is 13.8 Å². The highest BCUT2D eigenvalue weighted by Gasteiger charge is 2.07. The third kappa shape index (κ3) is 2.58. The Morgan fingerprint density at radius 2 is 2.00 bits per heavy atom. The van der Waals surface area contributed by atoms with Crippen molar-refractivity contribution in [2.45, 2.75) is 30.9 Å². The van der Waals surface area contributed by atoms with Crippen molar-refractivity contribution in [2.24, 2.45) is 0 Å². The summed E-state index contributed by atoms with van der Waals surface area (Å²) < 4.78 is 5.18. The van der Waals surface area contributed by atoms with Crippen LogP contribution in [-0.4, -0.2) is 12.4 Å². The topological polar surface area (TPSA) is 35.2 Å². The molecule has 0 saturated heterocycles. The van der Waals surface area contributed by atoms with Gasteiger partial charge in [-0.2, -0.15) is 0 Å². The Morgan fingerprint density at radius 1 is 1.36 bits per heavy atom. The summed E-state index contributed by atoms with van der Waals surface area (Å²) in [5, 5.41) is 0.571. The van der Waals surface area contributed by atoms with Gasteiger partial charge in [0.2, 0.25) is 0 Å². The van der Waals surface area contributed by atoms with Crippen LogP contribution in [0.2, 0.25) is 0 Å². The molecule has 1 aromatic rings. The average molecular weight is 211 g/mol. The monoisotopic (exact) mass is 211 g/mol. The molecule has 0 aliphatic heterocycles. The third-order valence-electron chi connectivity index (χ3n) is 1.89. The van der Waals surface area contributed by atoms with Gasteiger partial charge in [-0.3, -0.25) is 0 Å². The van der Waals surface area contributed by atoms with Gasteiger partial charge in [0.15, 0.2) is 0 Å². The molecule has 0 saturated carbocycles. The van der Waals surface area contributed by atoms with Crippen molar-refractivity contribution < 1.29 is 4.74 Å². The van der Waals surface area contributed by atoms with Gasteiger partial charge in [0.05, 0.1) is 12.8 Å². The van der Waals surface area contributed by atoms with Crippen LogP contribution in [0.1, 0.15) is 19.4 Å². The van der Waals surface area contributed by atoms with Crippen molar-refractivity contribution in [1.82, 2.24) is 0 Å². The molecule has 2 N–H and O–H groups in total. The van der Waals surface area contributed by atoms with Gasteiger partial charge in [0.1, 0.15) is 5.75 Å². The molecule has 0 atom stereocenters. The Labute approximate surface area is 89.8 Å². The fraction of sp³-hybridized carbons (Fsp3) is 0.455. The molecular weight excluding hydrogens is 194 g/mol. The number of hydrogen-bond donors (Lipinski definition) is 1. The zero-order valence-electron chi connectivity index (χ0n) is 9.13. The first-order valence-corrected chi connectivity index (χ1v) is 5.53. The zero-order valence-corrected chi connectivity index (χ0v) is 9.94. The van der Waals surface area contributed by atoms with Crippen molar-refractivity contribution in [1.29, 1.82) is 0 Å². The molecule has 2 nitrogen and oxygen atoms in total. The number of benzene rings is 1. The molecule has 0 aliphatic rings. The predicted molar refractivity (Wildman–Crippen MR) is 63.1 cm³/mol. The van der Waals surface area contributed by atoms with Gasteiger partial charge in [0.25, 0.3) is 0 Å².